The highest BCUT2D eigenvalue weighted by molar-refractivity contribution is 6.11. The Hall–Kier alpha value is -9.14. The second-order valence-electron chi connectivity index (χ2n) is 36.3. The molecule has 0 aromatic heterocycles. The van der Waals surface area contributed by atoms with Gasteiger partial charge in [-0.25, -0.2) is 38.4 Å². The van der Waals surface area contributed by atoms with E-state index < -0.39 is 70.2 Å². The van der Waals surface area contributed by atoms with Crippen molar-refractivity contribution in [1.82, 2.24) is 0 Å². The van der Waals surface area contributed by atoms with Gasteiger partial charge in [-0.15, -0.1) is 0 Å². The molecule has 7 aliphatic rings. The lowest BCUT2D eigenvalue weighted by Gasteiger charge is -2.55. The van der Waals surface area contributed by atoms with Crippen LogP contribution in [0.4, 0.5) is 66.8 Å². The van der Waals surface area contributed by atoms with E-state index in [2.05, 4.69) is 10.6 Å². The number of rotatable bonds is 16. The molecule has 12 rings (SSSR count). The van der Waals surface area contributed by atoms with Gasteiger partial charge < -0.3 is 37.9 Å². The molecule has 0 aliphatic heterocycles. The number of nitrogens with one attached hydrogen (secondary N) is 2. The summed E-state index contributed by atoms with van der Waals surface area (Å²) in [4.78, 5) is 103. The summed E-state index contributed by atoms with van der Waals surface area (Å²) in [6.45, 7) is 33.4. The van der Waals surface area contributed by atoms with Crippen LogP contribution in [-0.4, -0.2) is 93.6 Å². The highest BCUT2D eigenvalue weighted by Crippen LogP contribution is 2.57. The number of hydrogen-bond donors (Lipinski definition) is 2. The Morgan fingerprint density at radius 1 is 0.325 bits per heavy atom. The fraction of sp³-hybridized carbons (Fsp3) is 0.591. The normalized spacial score (nSPS) is 19.1. The number of hydrogen-bond acceptors (Lipinski definition) is 16. The third-order valence-corrected chi connectivity index (χ3v) is 22.5. The quantitative estimate of drug-likeness (QED) is 0.0872. The van der Waals surface area contributed by atoms with Crippen molar-refractivity contribution in [1.29, 1.82) is 0 Å². The largest absolute Gasteiger partial charge is 0.443 e. The van der Waals surface area contributed by atoms with Gasteiger partial charge >= 0.3 is 48.7 Å². The first-order valence-electron chi connectivity index (χ1n) is 41.6. The first-order valence-corrected chi connectivity index (χ1v) is 41.6. The smallest absolute Gasteiger partial charge is 0.424 e. The molecule has 2 N–H and O–H groups in total. The van der Waals surface area contributed by atoms with E-state index in [-0.39, 0.29) is 23.4 Å². The van der Waals surface area contributed by atoms with E-state index in [1.165, 1.54) is 51.4 Å². The molecule has 0 unspecified atom stereocenters. The van der Waals surface area contributed by atoms with Gasteiger partial charge in [-0.05, 0) is 297 Å². The Morgan fingerprint density at radius 2 is 0.570 bits per heavy atom. The molecule has 0 atom stereocenters. The van der Waals surface area contributed by atoms with Crippen LogP contribution in [0.5, 0.6) is 0 Å². The molecule has 0 saturated heterocycles. The van der Waals surface area contributed by atoms with Crippen LogP contribution in [0.2, 0.25) is 0 Å². The zero-order valence-corrected chi connectivity index (χ0v) is 71.5. The molecule has 5 aromatic rings. The third-order valence-electron chi connectivity index (χ3n) is 22.5. The van der Waals surface area contributed by atoms with Gasteiger partial charge in [0.15, 0.2) is 0 Å². The molecule has 0 spiro atoms. The molecule has 4 bridgehead atoms. The second kappa shape index (κ2) is 41.4. The number of ether oxygens (including phenoxy) is 8. The minimum atomic E-state index is -0.761. The number of carbonyl (C=O) groups excluding carboxylic acids is 8. The summed E-state index contributed by atoms with van der Waals surface area (Å²) < 4.78 is 44.9. The molecule has 7 saturated carbocycles. The van der Waals surface area contributed by atoms with Gasteiger partial charge in [0.1, 0.15) is 44.8 Å². The number of nitrogens with zero attached hydrogens (tertiary/aromatic N) is 3. The van der Waals surface area contributed by atoms with Crippen LogP contribution in [0.1, 0.15) is 272 Å². The Morgan fingerprint density at radius 3 is 0.842 bits per heavy atom. The zero-order chi connectivity index (χ0) is 83.7. The fourth-order valence-corrected chi connectivity index (χ4v) is 16.0. The highest BCUT2D eigenvalue weighted by atomic mass is 16.6. The third kappa shape index (κ3) is 29.6. The van der Waals surface area contributed by atoms with E-state index in [0.29, 0.717) is 47.7 Å². The summed E-state index contributed by atoms with van der Waals surface area (Å²) in [5.41, 5.74) is -1.68. The fourth-order valence-electron chi connectivity index (χ4n) is 16.0. The van der Waals surface area contributed by atoms with Gasteiger partial charge in [-0.3, -0.25) is 10.6 Å². The van der Waals surface area contributed by atoms with Crippen LogP contribution >= 0.6 is 0 Å². The van der Waals surface area contributed by atoms with Crippen molar-refractivity contribution in [2.24, 2.45) is 35.5 Å². The Labute approximate surface area is 679 Å². The van der Waals surface area contributed by atoms with Crippen LogP contribution in [0.25, 0.3) is 0 Å². The summed E-state index contributed by atoms with van der Waals surface area (Å²) in [7, 11) is 0. The van der Waals surface area contributed by atoms with Crippen molar-refractivity contribution in [3.05, 3.63) is 152 Å². The molecule has 114 heavy (non-hydrogen) atoms. The number of para-hydroxylation sites is 5. The van der Waals surface area contributed by atoms with E-state index in [9.17, 15) is 38.4 Å². The minimum absolute atomic E-state index is 0.159. The van der Waals surface area contributed by atoms with E-state index in [1.54, 1.807) is 148 Å². The molecular weight excluding hydrogens is 1440 g/mol. The Kier molecular flexibility index (Phi) is 33.4. The zero-order valence-electron chi connectivity index (χ0n) is 71.5. The van der Waals surface area contributed by atoms with Gasteiger partial charge in [0.05, 0.1) is 17.1 Å². The van der Waals surface area contributed by atoms with Gasteiger partial charge in [-0.2, -0.15) is 14.7 Å². The Balaban J connectivity index is 0.000000200. The molecule has 5 aromatic carbocycles. The van der Waals surface area contributed by atoms with Gasteiger partial charge in [0, 0.05) is 11.4 Å². The molecular formula is C93H133N5O16. The first kappa shape index (κ1) is 92.0. The van der Waals surface area contributed by atoms with Crippen LogP contribution in [-0.2, 0) is 37.9 Å². The summed E-state index contributed by atoms with van der Waals surface area (Å²) in [6, 6.07) is 45.1. The van der Waals surface area contributed by atoms with E-state index in [0.717, 1.165) is 127 Å². The topological polar surface area (TPSA) is 244 Å². The predicted octanol–water partition coefficient (Wildman–Crippen LogP) is 25.8. The SMILES string of the molecule is CC(C)(C)OC(=O)N(C(=O)OC(C)(C)C)c1ccccc1.CC(C)(OC(=O)N(C(=O)OC(C)(C)C1CCCCC1)c1ccccc1)C1CCCCC1.CC(C)(OC(=O)Nc1ccccc1)C1CCCCC1.CCC(C)(C)OC(=O)N(C(=O)OC(C)(C)CC)c1ccccc1.O=C(Nc1ccccc1)OC12CC3CC(CC(C3)C1)C2. The summed E-state index contributed by atoms with van der Waals surface area (Å²) in [5, 5.41) is 5.63. The van der Waals surface area contributed by atoms with Crippen molar-refractivity contribution in [3.8, 4) is 0 Å². The highest BCUT2D eigenvalue weighted by Gasteiger charge is 2.53. The minimum Gasteiger partial charge on any atom is -0.443 e. The van der Waals surface area contributed by atoms with Crippen molar-refractivity contribution in [2.75, 3.05) is 25.3 Å². The van der Waals surface area contributed by atoms with Crippen LogP contribution in [0.15, 0.2) is 152 Å². The monoisotopic (exact) mass is 1580 g/mol. The van der Waals surface area contributed by atoms with E-state index >= 15 is 0 Å². The summed E-state index contributed by atoms with van der Waals surface area (Å²) in [5.74, 6) is 3.47. The lowest BCUT2D eigenvalue weighted by atomic mass is 9.54. The predicted molar refractivity (Wildman–Crippen MR) is 450 cm³/mol. The van der Waals surface area contributed by atoms with Gasteiger partial charge in [0.2, 0.25) is 0 Å². The van der Waals surface area contributed by atoms with E-state index in [4.69, 9.17) is 37.9 Å². The molecule has 21 nitrogen and oxygen atoms in total. The van der Waals surface area contributed by atoms with Crippen LogP contribution in [0, 0.1) is 35.5 Å². The molecule has 7 aliphatic carbocycles. The number of imide groups is 3. The standard InChI is InChI=1S/C26H39NO4.C18H27NO4.C17H21NO2.C16H23NO4.C16H23NO2/c1-25(2,20-14-8-5-9-15-20)30-23(28)27(22-18-12-7-13-19-22)24(29)31-26(3,4)21-16-10-6-11-17-21;1-7-17(3,4)22-15(20)19(14-12-10-9-11-13-14)16(21)23-18(5,6)8-2;19-16(18-15-4-2-1-3-5-15)20-17-9-12-6-13(10-17)8-14(7-12)11-17;1-15(2,3)20-13(18)17(12-10-8-7-9-11-12)14(19)21-16(4,5)6;1-16(2,13-9-5-3-6-10-13)19-15(18)17-14-11-7-4-8-12-14/h7,12-13,18-21H,5-6,8-11,14-17H2,1-4H3;9-13H,7-8H2,1-6H3;1-5,12-14H,6-11H2,(H,18,19);7-11H,1-6H3;4,7-8,11-13H,3,5-6,9-10H2,1-2H3,(H,17,18). The van der Waals surface area contributed by atoms with Crippen LogP contribution in [0.3, 0.4) is 0 Å². The maximum absolute atomic E-state index is 13.3. The summed E-state index contributed by atoms with van der Waals surface area (Å²) >= 11 is 0. The van der Waals surface area contributed by atoms with Crippen molar-refractivity contribution >= 4 is 77.2 Å². The first-order chi connectivity index (χ1) is 53.6. The van der Waals surface area contributed by atoms with Gasteiger partial charge in [0.25, 0.3) is 0 Å². The molecule has 0 heterocycles. The Bertz CT molecular complexity index is 3700. The average molecular weight is 1580 g/mol. The van der Waals surface area contributed by atoms with E-state index in [1.807, 2.05) is 128 Å². The molecule has 21 heteroatoms. The number of carbonyl (C=O) groups is 8. The lowest BCUT2D eigenvalue weighted by Crippen LogP contribution is -2.53. The number of anilines is 5. The molecule has 8 amide bonds. The van der Waals surface area contributed by atoms with Crippen molar-refractivity contribution < 1.29 is 76.3 Å². The molecule has 0 radical (unpaired) electrons. The average Bonchev–Trinajstić information content (AvgIpc) is 0.748. The molecule has 626 valence electrons. The number of benzene rings is 5. The van der Waals surface area contributed by atoms with Gasteiger partial charge in [-0.1, -0.05) is 163 Å². The second-order valence-corrected chi connectivity index (χ2v) is 36.3. The van der Waals surface area contributed by atoms with Crippen molar-refractivity contribution in [2.45, 2.75) is 317 Å². The maximum atomic E-state index is 13.3. The van der Waals surface area contributed by atoms with Crippen molar-refractivity contribution in [3.63, 3.8) is 0 Å². The maximum Gasteiger partial charge on any atom is 0.424 e. The lowest BCUT2D eigenvalue weighted by molar-refractivity contribution is -0.124. The molecule has 7 fully saturated rings. The number of amides is 8. The summed E-state index contributed by atoms with van der Waals surface area (Å²) in [6.07, 6.45) is 21.1. The van der Waals surface area contributed by atoms with Crippen LogP contribution < -0.4 is 25.3 Å².